The molecule has 0 fully saturated rings. The number of aliphatic hydroxyl groups is 1. The molecule has 0 bridgehead atoms. The fourth-order valence-corrected chi connectivity index (χ4v) is 2.43. The first-order chi connectivity index (χ1) is 7.28. The lowest BCUT2D eigenvalue weighted by Crippen LogP contribution is -2.22. The lowest BCUT2D eigenvalue weighted by Gasteiger charge is -2.10. The third-order valence-electron chi connectivity index (χ3n) is 2.54. The molecule has 1 N–H and O–H groups in total. The Balaban J connectivity index is 2.70. The zero-order chi connectivity index (χ0) is 12.3. The molecule has 1 atom stereocenters. The predicted molar refractivity (Wildman–Crippen MR) is 65.3 cm³/mol. The van der Waals surface area contributed by atoms with Crippen molar-refractivity contribution in [3.63, 3.8) is 0 Å². The third-order valence-corrected chi connectivity index (χ3v) is 3.53. The van der Waals surface area contributed by atoms with E-state index in [9.17, 15) is 13.5 Å². The minimum absolute atomic E-state index is 0.181. The van der Waals surface area contributed by atoms with Crippen molar-refractivity contribution in [2.45, 2.75) is 26.4 Å². The van der Waals surface area contributed by atoms with E-state index >= 15 is 0 Å². The molecule has 90 valence electrons. The summed E-state index contributed by atoms with van der Waals surface area (Å²) in [6.45, 7) is 4.02. The Morgan fingerprint density at radius 3 is 2.38 bits per heavy atom. The summed E-state index contributed by atoms with van der Waals surface area (Å²) in [6.07, 6.45) is 0.697. The fourth-order valence-electron chi connectivity index (χ4n) is 1.61. The van der Waals surface area contributed by atoms with Gasteiger partial charge in [0.05, 0.1) is 11.9 Å². The molecular formula is C12H18O3S. The van der Waals surface area contributed by atoms with Gasteiger partial charge < -0.3 is 5.11 Å². The van der Waals surface area contributed by atoms with Crippen LogP contribution in [0.15, 0.2) is 18.2 Å². The van der Waals surface area contributed by atoms with Gasteiger partial charge in [0, 0.05) is 6.26 Å². The maximum atomic E-state index is 11.0. The molecule has 0 aliphatic rings. The first-order valence-electron chi connectivity index (χ1n) is 5.20. The number of aryl methyl sites for hydroxylation is 2. The van der Waals surface area contributed by atoms with Gasteiger partial charge in [-0.3, -0.25) is 0 Å². The topological polar surface area (TPSA) is 54.4 Å². The van der Waals surface area contributed by atoms with Gasteiger partial charge in [-0.15, -0.1) is 0 Å². The molecule has 0 saturated carbocycles. The van der Waals surface area contributed by atoms with Crippen molar-refractivity contribution in [3.8, 4) is 0 Å². The van der Waals surface area contributed by atoms with Crippen molar-refractivity contribution >= 4 is 9.84 Å². The van der Waals surface area contributed by atoms with Gasteiger partial charge in [-0.1, -0.05) is 18.2 Å². The van der Waals surface area contributed by atoms with Crippen LogP contribution in [0.4, 0.5) is 0 Å². The average Bonchev–Trinajstić information content (AvgIpc) is 2.08. The molecule has 0 saturated heterocycles. The molecule has 1 aromatic rings. The van der Waals surface area contributed by atoms with Crippen molar-refractivity contribution in [2.75, 3.05) is 12.0 Å². The summed E-state index contributed by atoms with van der Waals surface area (Å²) in [5.41, 5.74) is 3.32. The molecule has 0 aromatic heterocycles. The van der Waals surface area contributed by atoms with Gasteiger partial charge in [-0.2, -0.15) is 0 Å². The molecule has 0 aliphatic heterocycles. The molecule has 1 unspecified atom stereocenters. The van der Waals surface area contributed by atoms with Gasteiger partial charge in [-0.25, -0.2) is 8.42 Å². The molecule has 1 rings (SSSR count). The van der Waals surface area contributed by atoms with E-state index in [0.717, 1.165) is 17.4 Å². The normalized spacial score (nSPS) is 13.8. The molecule has 0 amide bonds. The Bertz CT molecular complexity index is 463. The minimum Gasteiger partial charge on any atom is -0.392 e. The van der Waals surface area contributed by atoms with Crippen molar-refractivity contribution in [2.24, 2.45) is 0 Å². The number of hydrogen-bond donors (Lipinski definition) is 1. The van der Waals surface area contributed by atoms with E-state index in [4.69, 9.17) is 0 Å². The highest BCUT2D eigenvalue weighted by molar-refractivity contribution is 7.90. The quantitative estimate of drug-likeness (QED) is 0.864. The highest BCUT2D eigenvalue weighted by Gasteiger charge is 2.13. The van der Waals surface area contributed by atoms with Crippen LogP contribution >= 0.6 is 0 Å². The lowest BCUT2D eigenvalue weighted by molar-refractivity contribution is 0.198. The fraction of sp³-hybridized carbons (Fsp3) is 0.500. The molecule has 3 nitrogen and oxygen atoms in total. The Labute approximate surface area is 97.0 Å². The summed E-state index contributed by atoms with van der Waals surface area (Å²) >= 11 is 0. The number of hydrogen-bond acceptors (Lipinski definition) is 3. The van der Waals surface area contributed by atoms with Crippen molar-refractivity contribution in [1.82, 2.24) is 0 Å². The molecule has 0 aliphatic carbocycles. The van der Waals surface area contributed by atoms with Gasteiger partial charge in [-0.05, 0) is 37.0 Å². The number of rotatable bonds is 4. The Hall–Kier alpha value is -0.870. The molecule has 4 heteroatoms. The minimum atomic E-state index is -3.11. The molecular weight excluding hydrogens is 224 g/mol. The molecule has 0 radical (unpaired) electrons. The predicted octanol–water partition coefficient (Wildman–Crippen LogP) is 1.25. The Morgan fingerprint density at radius 2 is 1.88 bits per heavy atom. The maximum absolute atomic E-state index is 11.0. The van der Waals surface area contributed by atoms with Crippen molar-refractivity contribution in [3.05, 3.63) is 34.9 Å². The largest absolute Gasteiger partial charge is 0.392 e. The summed E-state index contributed by atoms with van der Waals surface area (Å²) in [6, 6.07) is 5.90. The van der Waals surface area contributed by atoms with Crippen LogP contribution in [0.3, 0.4) is 0 Å². The lowest BCUT2D eigenvalue weighted by atomic mass is 10.0. The Kier molecular flexibility index (Phi) is 4.10. The van der Waals surface area contributed by atoms with Crippen LogP contribution in [0.1, 0.15) is 16.7 Å². The van der Waals surface area contributed by atoms with E-state index < -0.39 is 15.9 Å². The second-order valence-electron chi connectivity index (χ2n) is 4.37. The van der Waals surface area contributed by atoms with E-state index in [2.05, 4.69) is 0 Å². The van der Waals surface area contributed by atoms with E-state index in [1.165, 1.54) is 5.56 Å². The van der Waals surface area contributed by atoms with Crippen molar-refractivity contribution < 1.29 is 13.5 Å². The highest BCUT2D eigenvalue weighted by atomic mass is 32.2. The second kappa shape index (κ2) is 4.97. The van der Waals surface area contributed by atoms with Crippen LogP contribution in [0, 0.1) is 13.8 Å². The number of sulfone groups is 1. The van der Waals surface area contributed by atoms with Crippen LogP contribution < -0.4 is 0 Å². The SMILES string of the molecule is Cc1ccc(CC(O)CS(C)(=O)=O)cc1C. The van der Waals surface area contributed by atoms with Gasteiger partial charge in [0.15, 0.2) is 0 Å². The standard InChI is InChI=1S/C12H18O3S/c1-9-4-5-11(6-10(9)2)7-12(13)8-16(3,14)15/h4-6,12-13H,7-8H2,1-3H3. The zero-order valence-corrected chi connectivity index (χ0v) is 10.7. The number of aliphatic hydroxyl groups excluding tert-OH is 1. The van der Waals surface area contributed by atoms with Gasteiger partial charge in [0.25, 0.3) is 0 Å². The smallest absolute Gasteiger partial charge is 0.150 e. The van der Waals surface area contributed by atoms with Crippen molar-refractivity contribution in [1.29, 1.82) is 0 Å². The number of benzene rings is 1. The first-order valence-corrected chi connectivity index (χ1v) is 7.26. The van der Waals surface area contributed by atoms with Gasteiger partial charge >= 0.3 is 0 Å². The molecule has 16 heavy (non-hydrogen) atoms. The second-order valence-corrected chi connectivity index (χ2v) is 6.55. The summed E-state index contributed by atoms with van der Waals surface area (Å²) in [5.74, 6) is -0.181. The summed E-state index contributed by atoms with van der Waals surface area (Å²) in [5, 5.41) is 9.62. The Morgan fingerprint density at radius 1 is 1.25 bits per heavy atom. The molecule has 0 heterocycles. The third kappa shape index (κ3) is 4.33. The zero-order valence-electron chi connectivity index (χ0n) is 9.90. The molecule has 1 aromatic carbocycles. The average molecular weight is 242 g/mol. The van der Waals surface area contributed by atoms with Gasteiger partial charge in [0.2, 0.25) is 0 Å². The summed E-state index contributed by atoms with van der Waals surface area (Å²) in [7, 11) is -3.11. The molecule has 0 spiro atoms. The first kappa shape index (κ1) is 13.2. The van der Waals surface area contributed by atoms with Crippen LogP contribution in [0.5, 0.6) is 0 Å². The van der Waals surface area contributed by atoms with Crippen LogP contribution in [-0.2, 0) is 16.3 Å². The van der Waals surface area contributed by atoms with E-state index in [1.54, 1.807) is 0 Å². The highest BCUT2D eigenvalue weighted by Crippen LogP contribution is 2.12. The van der Waals surface area contributed by atoms with Gasteiger partial charge in [0.1, 0.15) is 9.84 Å². The van der Waals surface area contributed by atoms with E-state index in [0.29, 0.717) is 6.42 Å². The van der Waals surface area contributed by atoms with E-state index in [-0.39, 0.29) is 5.75 Å². The summed E-state index contributed by atoms with van der Waals surface area (Å²) in [4.78, 5) is 0. The summed E-state index contributed by atoms with van der Waals surface area (Å²) < 4.78 is 22.0. The monoisotopic (exact) mass is 242 g/mol. The maximum Gasteiger partial charge on any atom is 0.150 e. The van der Waals surface area contributed by atoms with E-state index in [1.807, 2.05) is 32.0 Å². The van der Waals surface area contributed by atoms with Crippen LogP contribution in [0.2, 0.25) is 0 Å². The van der Waals surface area contributed by atoms with Crippen LogP contribution in [0.25, 0.3) is 0 Å². The van der Waals surface area contributed by atoms with Crippen LogP contribution in [-0.4, -0.2) is 31.6 Å².